The van der Waals surface area contributed by atoms with E-state index >= 15 is 0 Å². The molecule has 0 aliphatic heterocycles. The van der Waals surface area contributed by atoms with Crippen LogP contribution in [0.4, 0.5) is 4.39 Å². The van der Waals surface area contributed by atoms with Gasteiger partial charge < -0.3 is 14.8 Å². The topological polar surface area (TPSA) is 84.9 Å². The quantitative estimate of drug-likeness (QED) is 0.588. The van der Waals surface area contributed by atoms with Crippen LogP contribution in [-0.2, 0) is 14.8 Å². The van der Waals surface area contributed by atoms with Gasteiger partial charge in [-0.05, 0) is 49.6 Å². The Morgan fingerprint density at radius 3 is 2.30 bits per heavy atom. The number of benzene rings is 2. The molecule has 1 fully saturated rings. The molecule has 180 valence electrons. The van der Waals surface area contributed by atoms with Crippen LogP contribution in [-0.4, -0.2) is 45.4 Å². The molecule has 1 aliphatic carbocycles. The van der Waals surface area contributed by atoms with Crippen molar-refractivity contribution in [3.05, 3.63) is 53.8 Å². The number of rotatable bonds is 9. The van der Waals surface area contributed by atoms with E-state index in [2.05, 4.69) is 5.32 Å². The molecule has 3 rings (SSSR count). The molecule has 1 atom stereocenters. The van der Waals surface area contributed by atoms with Crippen molar-refractivity contribution < 1.29 is 27.1 Å². The van der Waals surface area contributed by atoms with E-state index in [0.717, 1.165) is 24.8 Å². The molecule has 0 radical (unpaired) electrons. The summed E-state index contributed by atoms with van der Waals surface area (Å²) in [7, 11) is -1.05. The standard InChI is InChI=1S/C24H31FN2O5S/c1-17(18-9-11-19(25)12-10-18)26-24(28)16-27(20-7-5-4-6-8-20)33(29,30)21-13-14-22(31-2)23(15-21)32-3/h9-15,17,20H,4-8,16H2,1-3H3,(H,26,28). The average Bonchev–Trinajstić information content (AvgIpc) is 2.82. The van der Waals surface area contributed by atoms with Crippen molar-refractivity contribution in [2.24, 2.45) is 0 Å². The number of carbonyl (C=O) groups is 1. The molecule has 0 bridgehead atoms. The number of hydrogen-bond acceptors (Lipinski definition) is 5. The average molecular weight is 479 g/mol. The van der Waals surface area contributed by atoms with Crippen molar-refractivity contribution in [1.82, 2.24) is 9.62 Å². The lowest BCUT2D eigenvalue weighted by Crippen LogP contribution is -2.47. The first-order valence-corrected chi connectivity index (χ1v) is 12.5. The van der Waals surface area contributed by atoms with E-state index in [1.807, 2.05) is 0 Å². The number of methoxy groups -OCH3 is 2. The van der Waals surface area contributed by atoms with Crippen LogP contribution < -0.4 is 14.8 Å². The maximum Gasteiger partial charge on any atom is 0.243 e. The van der Waals surface area contributed by atoms with Gasteiger partial charge in [-0.3, -0.25) is 4.79 Å². The largest absolute Gasteiger partial charge is 0.493 e. The lowest BCUT2D eigenvalue weighted by molar-refractivity contribution is -0.122. The Hall–Kier alpha value is -2.65. The number of amides is 1. The highest BCUT2D eigenvalue weighted by molar-refractivity contribution is 7.89. The van der Waals surface area contributed by atoms with Gasteiger partial charge in [0.15, 0.2) is 11.5 Å². The number of ether oxygens (including phenoxy) is 2. The molecule has 1 amide bonds. The third-order valence-electron chi connectivity index (χ3n) is 5.99. The smallest absolute Gasteiger partial charge is 0.243 e. The van der Waals surface area contributed by atoms with Crippen LogP contribution in [0.1, 0.15) is 50.6 Å². The third-order valence-corrected chi connectivity index (χ3v) is 7.88. The molecule has 9 heteroatoms. The summed E-state index contributed by atoms with van der Waals surface area (Å²) in [4.78, 5) is 13.0. The molecule has 0 heterocycles. The van der Waals surface area contributed by atoms with E-state index in [9.17, 15) is 17.6 Å². The van der Waals surface area contributed by atoms with Crippen molar-refractivity contribution in [2.75, 3.05) is 20.8 Å². The minimum atomic E-state index is -3.97. The van der Waals surface area contributed by atoms with Gasteiger partial charge in [-0.15, -0.1) is 0 Å². The first-order valence-electron chi connectivity index (χ1n) is 11.0. The Labute approximate surface area is 194 Å². The first-order chi connectivity index (χ1) is 15.8. The van der Waals surface area contributed by atoms with Crippen LogP contribution in [0, 0.1) is 5.82 Å². The van der Waals surface area contributed by atoms with Crippen molar-refractivity contribution in [2.45, 2.75) is 56.0 Å². The minimum Gasteiger partial charge on any atom is -0.493 e. The van der Waals surface area contributed by atoms with Gasteiger partial charge >= 0.3 is 0 Å². The third kappa shape index (κ3) is 6.03. The van der Waals surface area contributed by atoms with Crippen LogP contribution in [0.25, 0.3) is 0 Å². The molecule has 33 heavy (non-hydrogen) atoms. The van der Waals surface area contributed by atoms with Crippen LogP contribution in [0.5, 0.6) is 11.5 Å². The van der Waals surface area contributed by atoms with E-state index in [4.69, 9.17) is 9.47 Å². The van der Waals surface area contributed by atoms with Crippen molar-refractivity contribution >= 4 is 15.9 Å². The van der Waals surface area contributed by atoms with E-state index in [0.29, 0.717) is 24.3 Å². The number of nitrogens with zero attached hydrogens (tertiary/aromatic N) is 1. The Morgan fingerprint density at radius 2 is 1.70 bits per heavy atom. The predicted octanol–water partition coefficient (Wildman–Crippen LogP) is 4.04. The van der Waals surface area contributed by atoms with Gasteiger partial charge in [0.05, 0.1) is 31.7 Å². The van der Waals surface area contributed by atoms with Crippen LogP contribution in [0.15, 0.2) is 47.4 Å². The number of halogens is 1. The molecule has 0 saturated heterocycles. The second kappa shape index (κ2) is 11.0. The molecule has 1 unspecified atom stereocenters. The van der Waals surface area contributed by atoms with Gasteiger partial charge in [-0.1, -0.05) is 31.4 Å². The Morgan fingerprint density at radius 1 is 1.06 bits per heavy atom. The van der Waals surface area contributed by atoms with Gasteiger partial charge in [0.25, 0.3) is 0 Å². The summed E-state index contributed by atoms with van der Waals surface area (Å²) >= 11 is 0. The number of sulfonamides is 1. The SMILES string of the molecule is COc1ccc(S(=O)(=O)N(CC(=O)NC(C)c2ccc(F)cc2)C2CCCCC2)cc1OC. The zero-order chi connectivity index (χ0) is 24.0. The van der Waals surface area contributed by atoms with Gasteiger partial charge in [0, 0.05) is 12.1 Å². The summed E-state index contributed by atoms with van der Waals surface area (Å²) in [6.07, 6.45) is 4.28. The van der Waals surface area contributed by atoms with Gasteiger partial charge in [0.2, 0.25) is 15.9 Å². The highest BCUT2D eigenvalue weighted by Crippen LogP contribution is 2.33. The van der Waals surface area contributed by atoms with Gasteiger partial charge in [0.1, 0.15) is 5.82 Å². The molecule has 0 aromatic heterocycles. The Balaban J connectivity index is 1.85. The zero-order valence-electron chi connectivity index (χ0n) is 19.2. The molecule has 0 spiro atoms. The fourth-order valence-corrected chi connectivity index (χ4v) is 5.81. The lowest BCUT2D eigenvalue weighted by Gasteiger charge is -2.33. The summed E-state index contributed by atoms with van der Waals surface area (Å²) < 4.78 is 52.3. The summed E-state index contributed by atoms with van der Waals surface area (Å²) in [5, 5.41) is 2.84. The van der Waals surface area contributed by atoms with E-state index in [-0.39, 0.29) is 23.3 Å². The first kappa shape index (κ1) is 25.0. The van der Waals surface area contributed by atoms with Crippen molar-refractivity contribution in [1.29, 1.82) is 0 Å². The second-order valence-corrected chi connectivity index (χ2v) is 10.1. The Kier molecular flexibility index (Phi) is 8.31. The molecular weight excluding hydrogens is 447 g/mol. The van der Waals surface area contributed by atoms with Crippen LogP contribution >= 0.6 is 0 Å². The molecule has 2 aromatic rings. The molecular formula is C24H31FN2O5S. The summed E-state index contributed by atoms with van der Waals surface area (Å²) in [6, 6.07) is 9.62. The second-order valence-electron chi connectivity index (χ2n) is 8.20. The van der Waals surface area contributed by atoms with Gasteiger partial charge in [-0.25, -0.2) is 12.8 Å². The predicted molar refractivity (Wildman–Crippen MR) is 123 cm³/mol. The summed E-state index contributed by atoms with van der Waals surface area (Å²) in [5.41, 5.74) is 0.733. The minimum absolute atomic E-state index is 0.0464. The van der Waals surface area contributed by atoms with E-state index in [1.165, 1.54) is 42.8 Å². The molecule has 1 aliphatic rings. The number of hydrogen-bond donors (Lipinski definition) is 1. The fraction of sp³-hybridized carbons (Fsp3) is 0.458. The van der Waals surface area contributed by atoms with E-state index in [1.54, 1.807) is 25.1 Å². The van der Waals surface area contributed by atoms with Crippen LogP contribution in [0.3, 0.4) is 0 Å². The maximum absolute atomic E-state index is 13.6. The summed E-state index contributed by atoms with van der Waals surface area (Å²) in [5.74, 6) is -0.0497. The van der Waals surface area contributed by atoms with Crippen LogP contribution in [0.2, 0.25) is 0 Å². The zero-order valence-corrected chi connectivity index (χ0v) is 20.0. The van der Waals surface area contributed by atoms with Crippen molar-refractivity contribution in [3.8, 4) is 11.5 Å². The highest BCUT2D eigenvalue weighted by atomic mass is 32.2. The monoisotopic (exact) mass is 478 g/mol. The fourth-order valence-electron chi connectivity index (χ4n) is 4.16. The van der Waals surface area contributed by atoms with Gasteiger partial charge in [-0.2, -0.15) is 4.31 Å². The molecule has 1 saturated carbocycles. The molecule has 1 N–H and O–H groups in total. The molecule has 2 aromatic carbocycles. The Bertz CT molecular complexity index is 1050. The lowest BCUT2D eigenvalue weighted by atomic mass is 9.95. The molecule has 7 nitrogen and oxygen atoms in total. The number of carbonyl (C=O) groups excluding carboxylic acids is 1. The normalized spacial score (nSPS) is 15.8. The number of nitrogens with one attached hydrogen (secondary N) is 1. The summed E-state index contributed by atoms with van der Waals surface area (Å²) in [6.45, 7) is 1.48. The maximum atomic E-state index is 13.6. The van der Waals surface area contributed by atoms with E-state index < -0.39 is 22.0 Å². The highest BCUT2D eigenvalue weighted by Gasteiger charge is 2.34. The van der Waals surface area contributed by atoms with Crippen molar-refractivity contribution in [3.63, 3.8) is 0 Å².